The first-order valence-electron chi connectivity index (χ1n) is 9.37. The van der Waals surface area contributed by atoms with E-state index in [0.29, 0.717) is 0 Å². The van der Waals surface area contributed by atoms with Crippen LogP contribution in [-0.4, -0.2) is 0 Å². The summed E-state index contributed by atoms with van der Waals surface area (Å²) in [7, 11) is -2.21. The molecular weight excluding hydrogens is 729 g/mol. The van der Waals surface area contributed by atoms with Gasteiger partial charge in [0.1, 0.15) is 0 Å². The van der Waals surface area contributed by atoms with Crippen molar-refractivity contribution in [2.45, 2.75) is 0 Å². The van der Waals surface area contributed by atoms with E-state index >= 15 is 0 Å². The number of halogens is 3. The second kappa shape index (κ2) is 12.4. The molecule has 0 saturated carbocycles. The van der Waals surface area contributed by atoms with Crippen molar-refractivity contribution in [3.8, 4) is 0 Å². The standard InChI is InChI=1S/C24H19ClNP.2BrH.Hg/c25-20-16-18-21(19-17-20)26-27(22-10-4-1-5-11-22,23-12-6-2-7-13-23)24-14-8-3-9-15-24;;;/h1-19H;2*1H;/q;;;+2/p-2. The molecule has 0 bridgehead atoms. The Bertz CT molecular complexity index is 989. The molecule has 0 spiro atoms. The molecule has 4 aromatic carbocycles. The molecule has 0 saturated heterocycles. The molecule has 148 valence electrons. The van der Waals surface area contributed by atoms with Gasteiger partial charge in [-0.05, 0) is 24.3 Å². The predicted molar refractivity (Wildman–Crippen MR) is 137 cm³/mol. The fourth-order valence-electron chi connectivity index (χ4n) is 3.23. The van der Waals surface area contributed by atoms with Crippen LogP contribution in [0.15, 0.2) is 120 Å². The molecule has 0 radical (unpaired) electrons. The van der Waals surface area contributed by atoms with Crippen LogP contribution in [0.2, 0.25) is 5.02 Å². The minimum absolute atomic E-state index is 0.458. The van der Waals surface area contributed by atoms with E-state index < -0.39 is 26.8 Å². The van der Waals surface area contributed by atoms with Crippen molar-refractivity contribution in [3.63, 3.8) is 0 Å². The van der Waals surface area contributed by atoms with Gasteiger partial charge in [0.15, 0.2) is 0 Å². The Morgan fingerprint density at radius 1 is 0.567 bits per heavy atom. The third-order valence-electron chi connectivity index (χ3n) is 4.48. The van der Waals surface area contributed by atoms with E-state index in [4.69, 9.17) is 16.3 Å². The van der Waals surface area contributed by atoms with Crippen molar-refractivity contribution in [1.82, 2.24) is 0 Å². The van der Waals surface area contributed by atoms with Gasteiger partial charge in [0, 0.05) is 20.9 Å². The molecule has 30 heavy (non-hydrogen) atoms. The summed E-state index contributed by atoms with van der Waals surface area (Å²) in [5.74, 6) is 0. The van der Waals surface area contributed by atoms with E-state index in [2.05, 4.69) is 115 Å². The summed E-state index contributed by atoms with van der Waals surface area (Å²) in [4.78, 5) is 0. The molecule has 4 rings (SSSR count). The fourth-order valence-corrected chi connectivity index (χ4v) is 6.89. The molecular formula is C24H19Br2ClHgNP. The van der Waals surface area contributed by atoms with Crippen LogP contribution < -0.4 is 15.9 Å². The molecule has 0 atom stereocenters. The van der Waals surface area contributed by atoms with Crippen molar-refractivity contribution >= 4 is 64.1 Å². The number of nitrogens with zero attached hydrogens (tertiary/aromatic N) is 1. The van der Waals surface area contributed by atoms with Crippen LogP contribution in [0, 0.1) is 0 Å². The Kier molecular flexibility index (Phi) is 9.87. The van der Waals surface area contributed by atoms with Gasteiger partial charge in [-0.3, -0.25) is 4.74 Å². The van der Waals surface area contributed by atoms with Gasteiger partial charge in [0.05, 0.1) is 12.7 Å². The van der Waals surface area contributed by atoms with Gasteiger partial charge < -0.3 is 0 Å². The summed E-state index contributed by atoms with van der Waals surface area (Å²) in [6, 6.07) is 39.6. The first-order chi connectivity index (χ1) is 14.7. The van der Waals surface area contributed by atoms with Crippen molar-refractivity contribution < 1.29 is 19.7 Å². The third kappa shape index (κ3) is 5.96. The molecule has 6 heteroatoms. The van der Waals surface area contributed by atoms with Gasteiger partial charge in [-0.15, -0.1) is 0 Å². The second-order valence-corrected chi connectivity index (χ2v) is 33.6. The van der Waals surface area contributed by atoms with Crippen LogP contribution in [-0.2, 0) is 19.7 Å². The molecule has 0 unspecified atom stereocenters. The first-order valence-corrected chi connectivity index (χ1v) is 35.3. The molecule has 4 aromatic rings. The number of hydrogen-bond donors (Lipinski definition) is 0. The zero-order valence-electron chi connectivity index (χ0n) is 16.2. The predicted octanol–water partition coefficient (Wildman–Crippen LogP) is 7.84. The zero-order valence-corrected chi connectivity index (χ0v) is 26.5. The van der Waals surface area contributed by atoms with Crippen molar-refractivity contribution in [3.05, 3.63) is 120 Å². The first kappa shape index (κ1) is 23.9. The Balaban J connectivity index is 0.000000806. The van der Waals surface area contributed by atoms with Crippen LogP contribution in [0.3, 0.4) is 0 Å². The maximum absolute atomic E-state index is 6.10. The number of rotatable bonds is 4. The van der Waals surface area contributed by atoms with Crippen LogP contribution in [0.1, 0.15) is 0 Å². The van der Waals surface area contributed by atoms with Gasteiger partial charge in [-0.2, -0.15) is 0 Å². The average Bonchev–Trinajstić information content (AvgIpc) is 2.81. The summed E-state index contributed by atoms with van der Waals surface area (Å²) in [5, 5.41) is 4.42. The van der Waals surface area contributed by atoms with Gasteiger partial charge in [0.25, 0.3) is 0 Å². The molecule has 0 N–H and O–H groups in total. The molecule has 0 aliphatic heterocycles. The van der Waals surface area contributed by atoms with Crippen molar-refractivity contribution in [2.24, 2.45) is 4.74 Å². The van der Waals surface area contributed by atoms with Crippen LogP contribution >= 0.6 is 42.5 Å². The monoisotopic (exact) mass is 747 g/mol. The Morgan fingerprint density at radius 2 is 0.900 bits per heavy atom. The summed E-state index contributed by atoms with van der Waals surface area (Å²) < 4.78 is 5.39. The molecule has 0 aliphatic carbocycles. The van der Waals surface area contributed by atoms with Crippen LogP contribution in [0.5, 0.6) is 0 Å². The molecule has 0 amide bonds. The van der Waals surface area contributed by atoms with Crippen molar-refractivity contribution in [1.29, 1.82) is 0 Å². The van der Waals surface area contributed by atoms with Gasteiger partial charge in [0.2, 0.25) is 0 Å². The van der Waals surface area contributed by atoms with Gasteiger partial charge in [-0.1, -0.05) is 103 Å². The summed E-state index contributed by atoms with van der Waals surface area (Å²) >= 11 is 12.2. The minimum atomic E-state index is -2.21. The zero-order chi connectivity index (χ0) is 21.2. The SMILES string of the molecule is Clc1ccc(N=P(c2ccccc2)(c2ccccc2)c2ccccc2)cc1.[Br][Hg][Br]. The Hall–Kier alpha value is -0.705. The van der Waals surface area contributed by atoms with Crippen LogP contribution in [0.4, 0.5) is 5.69 Å². The molecule has 0 aromatic heterocycles. The van der Waals surface area contributed by atoms with E-state index in [1.807, 2.05) is 24.3 Å². The van der Waals surface area contributed by atoms with Crippen LogP contribution in [0.25, 0.3) is 0 Å². The Morgan fingerprint density at radius 3 is 1.23 bits per heavy atom. The molecule has 0 aliphatic rings. The van der Waals surface area contributed by atoms with Gasteiger partial charge in [-0.25, -0.2) is 0 Å². The maximum atomic E-state index is 6.10. The van der Waals surface area contributed by atoms with Gasteiger partial charge >= 0.3 is 43.5 Å². The van der Waals surface area contributed by atoms with E-state index in [-0.39, 0.29) is 0 Å². The Labute approximate surface area is 206 Å². The average molecular weight is 748 g/mol. The van der Waals surface area contributed by atoms with E-state index in [9.17, 15) is 0 Å². The summed E-state index contributed by atoms with van der Waals surface area (Å²) in [6.45, 7) is 0. The summed E-state index contributed by atoms with van der Waals surface area (Å²) in [6.07, 6.45) is 0. The van der Waals surface area contributed by atoms with E-state index in [1.165, 1.54) is 15.9 Å². The fraction of sp³-hybridized carbons (Fsp3) is 0. The topological polar surface area (TPSA) is 12.4 Å². The molecule has 0 heterocycles. The molecule has 0 fully saturated rings. The van der Waals surface area contributed by atoms with Crippen molar-refractivity contribution in [2.75, 3.05) is 0 Å². The number of hydrogen-bond acceptors (Lipinski definition) is 1. The number of benzene rings is 4. The third-order valence-corrected chi connectivity index (χ3v) is 8.40. The quantitative estimate of drug-likeness (QED) is 0.149. The normalized spacial score (nSPS) is 10.4. The second-order valence-electron chi connectivity index (χ2n) is 6.32. The van der Waals surface area contributed by atoms with E-state index in [1.54, 1.807) is 0 Å². The summed E-state index contributed by atoms with van der Waals surface area (Å²) in [5.41, 5.74) is 0.935. The molecule has 1 nitrogen and oxygen atoms in total. The van der Waals surface area contributed by atoms with E-state index in [0.717, 1.165) is 10.7 Å².